The molecule has 0 bridgehead atoms. The summed E-state index contributed by atoms with van der Waals surface area (Å²) in [4.78, 5) is 0.285. The minimum atomic E-state index is 0.285. The smallest absolute Gasteiger partial charge is 0.141 e. The average molecular weight is 338 g/mol. The van der Waals surface area contributed by atoms with Gasteiger partial charge in [-0.15, -0.1) is 0 Å². The minimum absolute atomic E-state index is 0.285. The van der Waals surface area contributed by atoms with E-state index in [9.17, 15) is 0 Å². The van der Waals surface area contributed by atoms with Crippen LogP contribution in [-0.4, -0.2) is 12.1 Å². The highest BCUT2D eigenvalue weighted by Crippen LogP contribution is 2.30. The summed E-state index contributed by atoms with van der Waals surface area (Å²) in [6, 6.07) is 12.9. The van der Waals surface area contributed by atoms with Crippen molar-refractivity contribution in [3.63, 3.8) is 0 Å². The lowest BCUT2D eigenvalue weighted by atomic mass is 10.2. The quantitative estimate of drug-likeness (QED) is 0.859. The zero-order valence-corrected chi connectivity index (χ0v) is 12.6. The van der Waals surface area contributed by atoms with E-state index in [1.807, 2.05) is 24.3 Å². The van der Waals surface area contributed by atoms with Crippen LogP contribution in [0.2, 0.25) is 0 Å². The summed E-state index contributed by atoms with van der Waals surface area (Å²) in [7, 11) is 1.60. The molecule has 2 aromatic rings. The van der Waals surface area contributed by atoms with Crippen molar-refractivity contribution in [1.29, 1.82) is 0 Å². The highest BCUT2D eigenvalue weighted by Gasteiger charge is 2.09. The maximum absolute atomic E-state index is 5.82. The zero-order chi connectivity index (χ0) is 13.8. The van der Waals surface area contributed by atoms with E-state index in [0.717, 1.165) is 4.47 Å². The monoisotopic (exact) mass is 337 g/mol. The number of nitrogens with two attached hydrogens (primary N) is 1. The second kappa shape index (κ2) is 6.04. The van der Waals surface area contributed by atoms with Gasteiger partial charge in [0, 0.05) is 10.5 Å². The fourth-order valence-electron chi connectivity index (χ4n) is 1.58. The van der Waals surface area contributed by atoms with Crippen LogP contribution in [0.25, 0.3) is 0 Å². The maximum atomic E-state index is 5.82. The third kappa shape index (κ3) is 3.45. The lowest BCUT2D eigenvalue weighted by Gasteiger charge is -2.12. The fourth-order valence-corrected chi connectivity index (χ4v) is 2.12. The Kier molecular flexibility index (Phi) is 4.39. The maximum Gasteiger partial charge on any atom is 0.141 e. The number of thiocarbonyl (C=S) groups is 1. The predicted octanol–water partition coefficient (Wildman–Crippen LogP) is 3.88. The molecule has 0 radical (unpaired) electrons. The highest BCUT2D eigenvalue weighted by atomic mass is 79.9. The first-order chi connectivity index (χ1) is 9.10. The molecule has 19 heavy (non-hydrogen) atoms. The summed E-state index contributed by atoms with van der Waals surface area (Å²) in [5.74, 6) is 1.95. The van der Waals surface area contributed by atoms with Crippen molar-refractivity contribution in [2.75, 3.05) is 7.11 Å². The van der Waals surface area contributed by atoms with Crippen molar-refractivity contribution in [3.05, 3.63) is 52.5 Å². The lowest BCUT2D eigenvalue weighted by molar-refractivity contribution is 0.409. The Bertz CT molecular complexity index is 616. The van der Waals surface area contributed by atoms with Crippen LogP contribution in [0, 0.1) is 0 Å². The van der Waals surface area contributed by atoms with Crippen LogP contribution in [-0.2, 0) is 0 Å². The van der Waals surface area contributed by atoms with E-state index >= 15 is 0 Å². The van der Waals surface area contributed by atoms with Gasteiger partial charge < -0.3 is 15.2 Å². The number of methoxy groups -OCH3 is 1. The second-order valence-electron chi connectivity index (χ2n) is 3.79. The van der Waals surface area contributed by atoms with Gasteiger partial charge in [-0.05, 0) is 30.3 Å². The Morgan fingerprint density at radius 1 is 1.16 bits per heavy atom. The Hall–Kier alpha value is -1.59. The van der Waals surface area contributed by atoms with Crippen LogP contribution in [0.15, 0.2) is 46.9 Å². The molecule has 0 aliphatic carbocycles. The molecule has 0 saturated heterocycles. The van der Waals surface area contributed by atoms with Crippen LogP contribution < -0.4 is 15.2 Å². The molecule has 0 atom stereocenters. The van der Waals surface area contributed by atoms with Crippen molar-refractivity contribution in [3.8, 4) is 17.2 Å². The standard InChI is InChI=1S/C14H12BrNO2S/c1-17-10-5-6-12(14(16)19)13(8-10)18-11-4-2-3-9(15)7-11/h2-8H,1H3,(H2,16,19). The van der Waals surface area contributed by atoms with Gasteiger partial charge >= 0.3 is 0 Å². The molecule has 2 N–H and O–H groups in total. The largest absolute Gasteiger partial charge is 0.497 e. The highest BCUT2D eigenvalue weighted by molar-refractivity contribution is 9.10. The molecule has 0 heterocycles. The van der Waals surface area contributed by atoms with Crippen molar-refractivity contribution in [2.45, 2.75) is 0 Å². The van der Waals surface area contributed by atoms with Gasteiger partial charge in [0.2, 0.25) is 0 Å². The first-order valence-corrected chi connectivity index (χ1v) is 6.71. The Balaban J connectivity index is 2.39. The van der Waals surface area contributed by atoms with Gasteiger partial charge in [-0.2, -0.15) is 0 Å². The summed E-state index contributed by atoms with van der Waals surface area (Å²) in [5.41, 5.74) is 6.37. The first kappa shape index (κ1) is 13.8. The van der Waals surface area contributed by atoms with Crippen LogP contribution in [0.4, 0.5) is 0 Å². The van der Waals surface area contributed by atoms with Crippen LogP contribution in [0.3, 0.4) is 0 Å². The average Bonchev–Trinajstić information content (AvgIpc) is 2.38. The zero-order valence-electron chi connectivity index (χ0n) is 10.2. The number of halogens is 1. The van der Waals surface area contributed by atoms with E-state index in [1.54, 1.807) is 25.3 Å². The second-order valence-corrected chi connectivity index (χ2v) is 5.14. The summed E-state index contributed by atoms with van der Waals surface area (Å²) in [6.45, 7) is 0. The van der Waals surface area contributed by atoms with Gasteiger partial charge in [0.1, 0.15) is 22.2 Å². The number of hydrogen-bond acceptors (Lipinski definition) is 3. The number of rotatable bonds is 4. The Labute approximate surface area is 125 Å². The van der Waals surface area contributed by atoms with Gasteiger partial charge in [-0.25, -0.2) is 0 Å². The van der Waals surface area contributed by atoms with E-state index in [1.165, 1.54) is 0 Å². The van der Waals surface area contributed by atoms with Crippen molar-refractivity contribution >= 4 is 33.1 Å². The molecule has 2 aromatic carbocycles. The lowest BCUT2D eigenvalue weighted by Crippen LogP contribution is -2.10. The molecule has 2 rings (SSSR count). The van der Waals surface area contributed by atoms with E-state index in [2.05, 4.69) is 15.9 Å². The van der Waals surface area contributed by atoms with Gasteiger partial charge in [-0.3, -0.25) is 0 Å². The summed E-state index contributed by atoms with van der Waals surface area (Å²) in [6.07, 6.45) is 0. The predicted molar refractivity (Wildman–Crippen MR) is 83.1 cm³/mol. The van der Waals surface area contributed by atoms with Crippen LogP contribution >= 0.6 is 28.1 Å². The molecular formula is C14H12BrNO2S. The van der Waals surface area contributed by atoms with Crippen LogP contribution in [0.1, 0.15) is 5.56 Å². The third-order valence-corrected chi connectivity index (χ3v) is 3.19. The van der Waals surface area contributed by atoms with Crippen molar-refractivity contribution in [2.24, 2.45) is 5.73 Å². The molecule has 0 saturated carbocycles. The first-order valence-electron chi connectivity index (χ1n) is 5.51. The Morgan fingerprint density at radius 3 is 2.58 bits per heavy atom. The molecule has 0 spiro atoms. The molecule has 98 valence electrons. The minimum Gasteiger partial charge on any atom is -0.497 e. The van der Waals surface area contributed by atoms with E-state index < -0.39 is 0 Å². The summed E-state index contributed by atoms with van der Waals surface area (Å²) in [5, 5.41) is 0. The number of benzene rings is 2. The normalized spacial score (nSPS) is 10.0. The van der Waals surface area contributed by atoms with E-state index in [0.29, 0.717) is 22.8 Å². The molecule has 0 amide bonds. The number of hydrogen-bond donors (Lipinski definition) is 1. The molecule has 0 unspecified atom stereocenters. The number of ether oxygens (including phenoxy) is 2. The molecule has 5 heteroatoms. The fraction of sp³-hybridized carbons (Fsp3) is 0.0714. The van der Waals surface area contributed by atoms with Gasteiger partial charge in [-0.1, -0.05) is 34.2 Å². The third-order valence-electron chi connectivity index (χ3n) is 2.48. The topological polar surface area (TPSA) is 44.5 Å². The molecule has 3 nitrogen and oxygen atoms in total. The summed E-state index contributed by atoms with van der Waals surface area (Å²) >= 11 is 8.41. The van der Waals surface area contributed by atoms with Crippen LogP contribution in [0.5, 0.6) is 17.2 Å². The molecule has 0 fully saturated rings. The SMILES string of the molecule is COc1ccc(C(N)=S)c(Oc2cccc(Br)c2)c1. The van der Waals surface area contributed by atoms with Crippen molar-refractivity contribution < 1.29 is 9.47 Å². The van der Waals surface area contributed by atoms with E-state index in [4.69, 9.17) is 27.4 Å². The molecule has 0 aliphatic rings. The van der Waals surface area contributed by atoms with Gasteiger partial charge in [0.05, 0.1) is 12.7 Å². The molecule has 0 aromatic heterocycles. The molecular weight excluding hydrogens is 326 g/mol. The molecule has 0 aliphatic heterocycles. The summed E-state index contributed by atoms with van der Waals surface area (Å²) < 4.78 is 11.9. The Morgan fingerprint density at radius 2 is 1.95 bits per heavy atom. The van der Waals surface area contributed by atoms with E-state index in [-0.39, 0.29) is 4.99 Å². The van der Waals surface area contributed by atoms with Gasteiger partial charge in [0.15, 0.2) is 0 Å². The van der Waals surface area contributed by atoms with Gasteiger partial charge in [0.25, 0.3) is 0 Å². The van der Waals surface area contributed by atoms with Crippen molar-refractivity contribution in [1.82, 2.24) is 0 Å².